The van der Waals surface area contributed by atoms with Crippen LogP contribution in [-0.4, -0.2) is 70.1 Å². The highest BCUT2D eigenvalue weighted by Gasteiger charge is 2.44. The number of anilines is 2. The molecule has 1 aliphatic heterocycles. The van der Waals surface area contributed by atoms with E-state index >= 15 is 0 Å². The summed E-state index contributed by atoms with van der Waals surface area (Å²) in [4.78, 5) is 35.9. The lowest BCUT2D eigenvalue weighted by Gasteiger charge is -2.29. The number of fused-ring (bicyclic) bond motifs is 2. The van der Waals surface area contributed by atoms with Gasteiger partial charge in [0.25, 0.3) is 10.0 Å². The first kappa shape index (κ1) is 25.9. The van der Waals surface area contributed by atoms with E-state index in [4.69, 9.17) is 0 Å². The summed E-state index contributed by atoms with van der Waals surface area (Å²) in [6.45, 7) is 1.17. The average Bonchev–Trinajstić information content (AvgIpc) is 3.75. The Kier molecular flexibility index (Phi) is 6.47. The van der Waals surface area contributed by atoms with E-state index in [1.165, 1.54) is 24.5 Å². The maximum Gasteiger partial charge on any atom is 0.323 e. The Morgan fingerprint density at radius 3 is 2.58 bits per heavy atom. The summed E-state index contributed by atoms with van der Waals surface area (Å²) in [5.41, 5.74) is 1.28. The Hall–Kier alpha value is -4.35. The number of rotatable bonds is 6. The molecule has 1 saturated heterocycles. The zero-order chi connectivity index (χ0) is 28.0. The van der Waals surface area contributed by atoms with Gasteiger partial charge in [0.05, 0.1) is 16.1 Å². The third kappa shape index (κ3) is 4.37. The minimum Gasteiger partial charge on any atom is -0.370 e. The number of carbonyl (C=O) groups is 2. The van der Waals surface area contributed by atoms with Crippen LogP contribution in [0.1, 0.15) is 29.0 Å². The Bertz CT molecular complexity index is 1750. The number of aldehydes is 1. The number of hydrogen-bond donors (Lipinski definition) is 1. The van der Waals surface area contributed by atoms with Gasteiger partial charge in [-0.25, -0.2) is 22.2 Å². The first-order chi connectivity index (χ1) is 19.3. The molecule has 1 aliphatic carbocycles. The first-order valence-electron chi connectivity index (χ1n) is 12.6. The molecular weight excluding hydrogens is 552 g/mol. The van der Waals surface area contributed by atoms with Crippen molar-refractivity contribution in [2.24, 2.45) is 11.8 Å². The fraction of sp³-hybridized carbons (Fsp3) is 0.308. The van der Waals surface area contributed by atoms with Crippen molar-refractivity contribution in [1.29, 1.82) is 5.26 Å². The summed E-state index contributed by atoms with van der Waals surface area (Å²) >= 11 is 0.962. The SMILES string of the molecule is CN(c1c(C#N)cnc2c1ccn2S(=O)(=O)c1ccccc1)C1CC2CN(C(=O)Nc3nc(C=O)ns3)C[C@H]2C1. The van der Waals surface area contributed by atoms with Crippen LogP contribution in [0.15, 0.2) is 53.7 Å². The van der Waals surface area contributed by atoms with Crippen LogP contribution < -0.4 is 10.2 Å². The van der Waals surface area contributed by atoms with Crippen molar-refractivity contribution in [2.75, 3.05) is 30.4 Å². The molecule has 1 aromatic carbocycles. The summed E-state index contributed by atoms with van der Waals surface area (Å²) in [5.74, 6) is 0.604. The number of carbonyl (C=O) groups excluding carboxylic acids is 2. The third-order valence-corrected chi connectivity index (χ3v) is 10.1. The number of pyridine rings is 1. The van der Waals surface area contributed by atoms with Gasteiger partial charge in [-0.1, -0.05) is 18.2 Å². The van der Waals surface area contributed by atoms with Gasteiger partial charge in [-0.15, -0.1) is 0 Å². The van der Waals surface area contributed by atoms with Crippen molar-refractivity contribution in [2.45, 2.75) is 23.8 Å². The Balaban J connectivity index is 1.21. The van der Waals surface area contributed by atoms with Crippen LogP contribution in [0.25, 0.3) is 11.0 Å². The fourth-order valence-electron chi connectivity index (χ4n) is 5.85. The minimum absolute atomic E-state index is 0.0411. The molecule has 4 aromatic rings. The van der Waals surface area contributed by atoms with Gasteiger partial charge in [0.15, 0.2) is 11.9 Å². The van der Waals surface area contributed by atoms with E-state index in [1.54, 1.807) is 29.2 Å². The van der Waals surface area contributed by atoms with Crippen LogP contribution >= 0.6 is 11.5 Å². The molecule has 4 heterocycles. The van der Waals surface area contributed by atoms with Gasteiger partial charge >= 0.3 is 6.03 Å². The molecule has 14 heteroatoms. The molecule has 0 radical (unpaired) electrons. The van der Waals surface area contributed by atoms with Gasteiger partial charge in [0, 0.05) is 55.5 Å². The van der Waals surface area contributed by atoms with Crippen LogP contribution in [0.5, 0.6) is 0 Å². The van der Waals surface area contributed by atoms with E-state index in [2.05, 4.69) is 30.6 Å². The number of hydrogen-bond acceptors (Lipinski definition) is 10. The molecule has 2 fully saturated rings. The monoisotopic (exact) mass is 576 g/mol. The van der Waals surface area contributed by atoms with E-state index in [0.717, 1.165) is 28.3 Å². The summed E-state index contributed by atoms with van der Waals surface area (Å²) in [6, 6.07) is 11.9. The summed E-state index contributed by atoms with van der Waals surface area (Å²) in [6.07, 6.45) is 5.08. The third-order valence-electron chi connectivity index (χ3n) is 7.75. The number of likely N-dealkylation sites (tertiary alicyclic amines) is 1. The van der Waals surface area contributed by atoms with Gasteiger partial charge in [0.1, 0.15) is 6.07 Å². The molecule has 2 aliphatic rings. The van der Waals surface area contributed by atoms with Gasteiger partial charge < -0.3 is 9.80 Å². The standard InChI is InChI=1S/C26H24N8O4S2/c1-32(19-9-16-13-33(14-17(16)10-19)26(36)30-25-29-22(15-35)31-39-25)23-18(11-27)12-28-24-21(23)7-8-34(24)40(37,38)20-5-3-2-4-6-20/h2-8,12,15-17,19H,9-10,13-14H2,1H3,(H,29,30,31,36)/t16-,17?,19?/m1/s1. The Labute approximate surface area is 234 Å². The molecule has 2 amide bonds. The topological polar surface area (TPSA) is 154 Å². The smallest absolute Gasteiger partial charge is 0.323 e. The fourth-order valence-corrected chi connectivity index (χ4v) is 7.70. The van der Waals surface area contributed by atoms with Crippen LogP contribution in [-0.2, 0) is 10.0 Å². The van der Waals surface area contributed by atoms with Crippen molar-refractivity contribution in [3.63, 3.8) is 0 Å². The Morgan fingerprint density at radius 1 is 1.20 bits per heavy atom. The highest BCUT2D eigenvalue weighted by Crippen LogP contribution is 2.43. The van der Waals surface area contributed by atoms with E-state index in [1.807, 2.05) is 7.05 Å². The second kappa shape index (κ2) is 10.00. The maximum atomic E-state index is 13.3. The molecule has 12 nitrogen and oxygen atoms in total. The molecule has 0 spiro atoms. The largest absolute Gasteiger partial charge is 0.370 e. The normalized spacial score (nSPS) is 20.3. The molecule has 1 saturated carbocycles. The summed E-state index contributed by atoms with van der Waals surface area (Å²) < 4.78 is 31.7. The van der Waals surface area contributed by atoms with Crippen LogP contribution in [0, 0.1) is 23.2 Å². The van der Waals surface area contributed by atoms with E-state index in [0.29, 0.717) is 36.0 Å². The van der Waals surface area contributed by atoms with Crippen molar-refractivity contribution in [1.82, 2.24) is 23.2 Å². The number of aromatic nitrogens is 4. The molecule has 3 aromatic heterocycles. The van der Waals surface area contributed by atoms with Crippen LogP contribution in [0.3, 0.4) is 0 Å². The van der Waals surface area contributed by atoms with Gasteiger partial charge in [0.2, 0.25) is 11.0 Å². The second-order valence-corrected chi connectivity index (χ2v) is 12.5. The molecule has 40 heavy (non-hydrogen) atoms. The minimum atomic E-state index is -3.87. The van der Waals surface area contributed by atoms with Crippen molar-refractivity contribution in [3.05, 3.63) is 60.2 Å². The molecule has 1 N–H and O–H groups in total. The van der Waals surface area contributed by atoms with Gasteiger partial charge in [-0.2, -0.15) is 14.6 Å². The first-order valence-corrected chi connectivity index (χ1v) is 14.8. The van der Waals surface area contributed by atoms with Gasteiger partial charge in [-0.05, 0) is 42.9 Å². The van der Waals surface area contributed by atoms with E-state index < -0.39 is 10.0 Å². The quantitative estimate of drug-likeness (QED) is 0.341. The van der Waals surface area contributed by atoms with Crippen molar-refractivity contribution in [3.8, 4) is 6.07 Å². The van der Waals surface area contributed by atoms with E-state index in [9.17, 15) is 23.3 Å². The lowest BCUT2D eigenvalue weighted by Crippen LogP contribution is -2.36. The molecule has 3 atom stereocenters. The average molecular weight is 577 g/mol. The van der Waals surface area contributed by atoms with Crippen molar-refractivity contribution < 1.29 is 18.0 Å². The number of amides is 2. The lowest BCUT2D eigenvalue weighted by molar-refractivity contribution is 0.111. The number of nitrogens with one attached hydrogen (secondary N) is 1. The highest BCUT2D eigenvalue weighted by atomic mass is 32.2. The van der Waals surface area contributed by atoms with Gasteiger partial charge in [-0.3, -0.25) is 10.1 Å². The molecule has 2 unspecified atom stereocenters. The molecular formula is C26H24N8O4S2. The zero-order valence-corrected chi connectivity index (χ0v) is 23.0. The maximum absolute atomic E-state index is 13.3. The van der Waals surface area contributed by atoms with Crippen LogP contribution in [0.4, 0.5) is 15.6 Å². The van der Waals surface area contributed by atoms with Crippen molar-refractivity contribution >= 4 is 55.7 Å². The molecule has 6 rings (SSSR count). The predicted octanol–water partition coefficient (Wildman–Crippen LogP) is 3.19. The molecule has 0 bridgehead atoms. The summed E-state index contributed by atoms with van der Waals surface area (Å²) in [7, 11) is -1.94. The Morgan fingerprint density at radius 2 is 1.93 bits per heavy atom. The number of nitriles is 1. The molecule has 204 valence electrons. The summed E-state index contributed by atoms with van der Waals surface area (Å²) in [5, 5.41) is 13.5. The highest BCUT2D eigenvalue weighted by molar-refractivity contribution is 7.90. The predicted molar refractivity (Wildman–Crippen MR) is 148 cm³/mol. The number of nitrogens with zero attached hydrogens (tertiary/aromatic N) is 7. The number of urea groups is 1. The zero-order valence-electron chi connectivity index (χ0n) is 21.3. The van der Waals surface area contributed by atoms with Crippen LogP contribution in [0.2, 0.25) is 0 Å². The second-order valence-electron chi connectivity index (χ2n) is 9.97. The lowest BCUT2D eigenvalue weighted by atomic mass is 10.0. The number of benzene rings is 1. The van der Waals surface area contributed by atoms with E-state index in [-0.39, 0.29) is 45.4 Å².